The Balaban J connectivity index is 1.48. The highest BCUT2D eigenvalue weighted by atomic mass is 16.6. The molecule has 0 aromatic heterocycles. The minimum atomic E-state index is -0.475. The summed E-state index contributed by atoms with van der Waals surface area (Å²) in [6.07, 6.45) is 3.95. The molecule has 33 heavy (non-hydrogen) atoms. The second-order valence-corrected chi connectivity index (χ2v) is 9.21. The number of hydrogen-bond donors (Lipinski definition) is 2. The second-order valence-electron chi connectivity index (χ2n) is 9.21. The molecule has 2 aliphatic rings. The van der Waals surface area contributed by atoms with Crippen LogP contribution in [0.25, 0.3) is 0 Å². The van der Waals surface area contributed by atoms with Gasteiger partial charge in [0.2, 0.25) is 5.91 Å². The summed E-state index contributed by atoms with van der Waals surface area (Å²) in [7, 11) is 0. The molecule has 0 radical (unpaired) electrons. The van der Waals surface area contributed by atoms with Crippen LogP contribution in [-0.4, -0.2) is 29.8 Å². The Morgan fingerprint density at radius 3 is 2.33 bits per heavy atom. The number of nitrogens with one attached hydrogen (secondary N) is 2. The quantitative estimate of drug-likeness (QED) is 0.471. The summed E-state index contributed by atoms with van der Waals surface area (Å²) in [5.74, 6) is 0.476. The third-order valence-electron chi connectivity index (χ3n) is 6.53. The van der Waals surface area contributed by atoms with E-state index >= 15 is 0 Å². The average molecular weight is 451 g/mol. The molecular formula is C25H30N4O4. The molecule has 174 valence electrons. The van der Waals surface area contributed by atoms with Crippen LogP contribution in [0.2, 0.25) is 0 Å². The third-order valence-corrected chi connectivity index (χ3v) is 6.53. The van der Waals surface area contributed by atoms with E-state index < -0.39 is 4.92 Å². The van der Waals surface area contributed by atoms with Gasteiger partial charge in [0.1, 0.15) is 0 Å². The predicted molar refractivity (Wildman–Crippen MR) is 127 cm³/mol. The van der Waals surface area contributed by atoms with Crippen LogP contribution in [0.15, 0.2) is 42.5 Å². The van der Waals surface area contributed by atoms with Crippen molar-refractivity contribution in [2.75, 3.05) is 23.3 Å². The summed E-state index contributed by atoms with van der Waals surface area (Å²) < 4.78 is 0. The number of amides is 2. The SMILES string of the molecule is CC1CCN(c2ccc([N+](=O)[O-])cc2C(=O)NC(C)c2ccc(NC(=O)C3CC3)cc2)CC1. The van der Waals surface area contributed by atoms with Gasteiger partial charge in [-0.25, -0.2) is 0 Å². The molecule has 1 unspecified atom stereocenters. The molecular weight excluding hydrogens is 420 g/mol. The first-order valence-electron chi connectivity index (χ1n) is 11.6. The Kier molecular flexibility index (Phi) is 6.62. The maximum absolute atomic E-state index is 13.2. The first-order valence-corrected chi connectivity index (χ1v) is 11.6. The van der Waals surface area contributed by atoms with Crippen molar-refractivity contribution in [3.63, 3.8) is 0 Å². The molecule has 2 amide bonds. The number of carbonyl (C=O) groups excluding carboxylic acids is 2. The van der Waals surface area contributed by atoms with E-state index in [2.05, 4.69) is 22.5 Å². The van der Waals surface area contributed by atoms with Crippen molar-refractivity contribution in [2.45, 2.75) is 45.6 Å². The Morgan fingerprint density at radius 2 is 1.73 bits per heavy atom. The highest BCUT2D eigenvalue weighted by Gasteiger charge is 2.29. The van der Waals surface area contributed by atoms with Crippen molar-refractivity contribution >= 4 is 28.9 Å². The number of non-ortho nitro benzene ring substituents is 1. The largest absolute Gasteiger partial charge is 0.371 e. The van der Waals surface area contributed by atoms with E-state index in [4.69, 9.17) is 0 Å². The molecule has 8 heteroatoms. The number of nitro groups is 1. The van der Waals surface area contributed by atoms with Crippen molar-refractivity contribution in [3.05, 3.63) is 63.7 Å². The van der Waals surface area contributed by atoms with Crippen molar-refractivity contribution in [1.29, 1.82) is 0 Å². The molecule has 1 saturated heterocycles. The summed E-state index contributed by atoms with van der Waals surface area (Å²) in [5, 5.41) is 17.2. The first-order chi connectivity index (χ1) is 15.8. The van der Waals surface area contributed by atoms with Crippen LogP contribution in [-0.2, 0) is 4.79 Å². The van der Waals surface area contributed by atoms with Gasteiger partial charge in [-0.15, -0.1) is 0 Å². The minimum absolute atomic E-state index is 0.0504. The van der Waals surface area contributed by atoms with Crippen LogP contribution in [0.4, 0.5) is 17.1 Å². The molecule has 0 spiro atoms. The van der Waals surface area contributed by atoms with Gasteiger partial charge in [0, 0.05) is 36.8 Å². The van der Waals surface area contributed by atoms with Gasteiger partial charge in [0.25, 0.3) is 11.6 Å². The standard InChI is InChI=1S/C25H30N4O4/c1-16-11-13-28(14-12-16)23-10-9-21(29(32)33)15-22(23)25(31)26-17(2)18-5-7-20(8-6-18)27-24(30)19-3-4-19/h5-10,15-17,19H,3-4,11-14H2,1-2H3,(H,26,31)(H,27,30). The topological polar surface area (TPSA) is 105 Å². The molecule has 2 aromatic carbocycles. The fourth-order valence-corrected chi connectivity index (χ4v) is 4.15. The van der Waals surface area contributed by atoms with Crippen LogP contribution in [0, 0.1) is 22.0 Å². The number of rotatable bonds is 7. The maximum atomic E-state index is 13.2. The van der Waals surface area contributed by atoms with Gasteiger partial charge < -0.3 is 15.5 Å². The van der Waals surface area contributed by atoms with Gasteiger partial charge >= 0.3 is 0 Å². The maximum Gasteiger partial charge on any atom is 0.270 e. The normalized spacial score (nSPS) is 17.3. The van der Waals surface area contributed by atoms with Gasteiger partial charge in [-0.05, 0) is 62.3 Å². The van der Waals surface area contributed by atoms with Crippen molar-refractivity contribution < 1.29 is 14.5 Å². The smallest absolute Gasteiger partial charge is 0.270 e. The van der Waals surface area contributed by atoms with Gasteiger partial charge in [-0.1, -0.05) is 19.1 Å². The Hall–Kier alpha value is -3.42. The molecule has 2 aromatic rings. The van der Waals surface area contributed by atoms with Crippen LogP contribution in [0.5, 0.6) is 0 Å². The van der Waals surface area contributed by atoms with Crippen LogP contribution >= 0.6 is 0 Å². The molecule has 4 rings (SSSR count). The van der Waals surface area contributed by atoms with Gasteiger partial charge in [-0.3, -0.25) is 19.7 Å². The van der Waals surface area contributed by atoms with Gasteiger partial charge in [-0.2, -0.15) is 0 Å². The monoisotopic (exact) mass is 450 g/mol. The van der Waals surface area contributed by atoms with E-state index in [-0.39, 0.29) is 29.5 Å². The third kappa shape index (κ3) is 5.50. The lowest BCUT2D eigenvalue weighted by Crippen LogP contribution is -2.35. The van der Waals surface area contributed by atoms with Crippen LogP contribution in [0.1, 0.15) is 61.5 Å². The van der Waals surface area contributed by atoms with Crippen LogP contribution < -0.4 is 15.5 Å². The number of piperidine rings is 1. The number of anilines is 2. The molecule has 2 N–H and O–H groups in total. The molecule has 8 nitrogen and oxygen atoms in total. The van der Waals surface area contributed by atoms with Crippen LogP contribution in [0.3, 0.4) is 0 Å². The zero-order chi connectivity index (χ0) is 23.5. The average Bonchev–Trinajstić information content (AvgIpc) is 3.65. The summed E-state index contributed by atoms with van der Waals surface area (Å²) in [5.41, 5.74) is 2.56. The minimum Gasteiger partial charge on any atom is -0.371 e. The summed E-state index contributed by atoms with van der Waals surface area (Å²) in [6, 6.07) is 11.6. The van der Waals surface area contributed by atoms with Crippen molar-refractivity contribution in [2.24, 2.45) is 11.8 Å². The van der Waals surface area contributed by atoms with Crippen molar-refractivity contribution in [3.8, 4) is 0 Å². The molecule has 1 aliphatic carbocycles. The number of nitro benzene ring substituents is 1. The lowest BCUT2D eigenvalue weighted by molar-refractivity contribution is -0.384. The first kappa shape index (κ1) is 22.8. The summed E-state index contributed by atoms with van der Waals surface area (Å²) in [6.45, 7) is 5.73. The fourth-order valence-electron chi connectivity index (χ4n) is 4.15. The van der Waals surface area contributed by atoms with E-state index in [0.717, 1.165) is 55.7 Å². The van der Waals surface area contributed by atoms with Gasteiger partial charge in [0.05, 0.1) is 22.2 Å². The van der Waals surface area contributed by atoms with E-state index in [1.54, 1.807) is 6.07 Å². The highest BCUT2D eigenvalue weighted by molar-refractivity contribution is 6.00. The van der Waals surface area contributed by atoms with E-state index in [0.29, 0.717) is 11.5 Å². The Labute approximate surface area is 193 Å². The Morgan fingerprint density at radius 1 is 1.06 bits per heavy atom. The van der Waals surface area contributed by atoms with E-state index in [1.807, 2.05) is 31.2 Å². The van der Waals surface area contributed by atoms with Crippen molar-refractivity contribution in [1.82, 2.24) is 5.32 Å². The second kappa shape index (κ2) is 9.60. The van der Waals surface area contributed by atoms with Gasteiger partial charge in [0.15, 0.2) is 0 Å². The highest BCUT2D eigenvalue weighted by Crippen LogP contribution is 2.31. The molecule has 2 fully saturated rings. The fraction of sp³-hybridized carbons (Fsp3) is 0.440. The zero-order valence-electron chi connectivity index (χ0n) is 19.0. The Bertz CT molecular complexity index is 1040. The molecule has 1 saturated carbocycles. The van der Waals surface area contributed by atoms with E-state index in [1.165, 1.54) is 12.1 Å². The molecule has 1 aliphatic heterocycles. The zero-order valence-corrected chi connectivity index (χ0v) is 19.0. The molecule has 0 bridgehead atoms. The number of benzene rings is 2. The lowest BCUT2D eigenvalue weighted by atomic mass is 9.97. The lowest BCUT2D eigenvalue weighted by Gasteiger charge is -2.33. The number of hydrogen-bond acceptors (Lipinski definition) is 5. The molecule has 1 heterocycles. The summed E-state index contributed by atoms with van der Waals surface area (Å²) in [4.78, 5) is 38.1. The molecule has 1 atom stereocenters. The summed E-state index contributed by atoms with van der Waals surface area (Å²) >= 11 is 0. The van der Waals surface area contributed by atoms with E-state index in [9.17, 15) is 19.7 Å². The number of nitrogens with zero attached hydrogens (tertiary/aromatic N) is 2. The predicted octanol–water partition coefficient (Wildman–Crippen LogP) is 4.67. The number of carbonyl (C=O) groups is 2.